The molecule has 112 valence electrons. The molecule has 0 spiro atoms. The van der Waals surface area contributed by atoms with Crippen molar-refractivity contribution in [3.63, 3.8) is 0 Å². The summed E-state index contributed by atoms with van der Waals surface area (Å²) in [6.45, 7) is 4.72. The van der Waals surface area contributed by atoms with Crippen LogP contribution in [0.3, 0.4) is 0 Å². The Bertz CT molecular complexity index is 547. The van der Waals surface area contributed by atoms with Crippen LogP contribution in [0.4, 0.5) is 0 Å². The van der Waals surface area contributed by atoms with Crippen molar-refractivity contribution in [2.75, 3.05) is 0 Å². The van der Waals surface area contributed by atoms with Crippen molar-refractivity contribution in [2.24, 2.45) is 17.6 Å². The Hall–Kier alpha value is -0.910. The minimum Gasteiger partial charge on any atom is -0.326 e. The van der Waals surface area contributed by atoms with Crippen LogP contribution < -0.4 is 10.5 Å². The number of hydrogen-bond acceptors (Lipinski definition) is 3. The Labute approximate surface area is 121 Å². The molecule has 2 rings (SSSR count). The number of nitrogens with one attached hydrogen (secondary N) is 1. The maximum absolute atomic E-state index is 12.4. The first-order valence-corrected chi connectivity index (χ1v) is 8.70. The predicted molar refractivity (Wildman–Crippen MR) is 80.6 cm³/mol. The fourth-order valence-corrected chi connectivity index (χ4v) is 4.50. The van der Waals surface area contributed by atoms with E-state index in [9.17, 15) is 8.42 Å². The van der Waals surface area contributed by atoms with E-state index in [4.69, 9.17) is 5.73 Å². The molecule has 3 N–H and O–H groups in total. The van der Waals surface area contributed by atoms with Crippen LogP contribution >= 0.6 is 0 Å². The molecule has 0 saturated heterocycles. The summed E-state index contributed by atoms with van der Waals surface area (Å²) >= 11 is 0. The van der Waals surface area contributed by atoms with E-state index in [0.717, 1.165) is 18.4 Å². The summed E-state index contributed by atoms with van der Waals surface area (Å²) in [4.78, 5) is 0.311. The van der Waals surface area contributed by atoms with Gasteiger partial charge in [0.15, 0.2) is 0 Å². The summed E-state index contributed by atoms with van der Waals surface area (Å²) in [5.41, 5.74) is 6.40. The molecule has 1 fully saturated rings. The highest BCUT2D eigenvalue weighted by Gasteiger charge is 2.27. The summed E-state index contributed by atoms with van der Waals surface area (Å²) in [7, 11) is -3.44. The summed E-state index contributed by atoms with van der Waals surface area (Å²) in [6, 6.07) is 6.89. The lowest BCUT2D eigenvalue weighted by Gasteiger charge is -2.31. The van der Waals surface area contributed by atoms with Gasteiger partial charge in [0, 0.05) is 12.6 Å². The van der Waals surface area contributed by atoms with Crippen molar-refractivity contribution in [3.05, 3.63) is 29.8 Å². The molecular weight excluding hydrogens is 272 g/mol. The van der Waals surface area contributed by atoms with Gasteiger partial charge in [-0.2, -0.15) is 0 Å². The topological polar surface area (TPSA) is 72.2 Å². The lowest BCUT2D eigenvalue weighted by molar-refractivity contribution is 0.257. The van der Waals surface area contributed by atoms with Gasteiger partial charge in [-0.25, -0.2) is 13.1 Å². The van der Waals surface area contributed by atoms with Crippen molar-refractivity contribution in [1.29, 1.82) is 0 Å². The van der Waals surface area contributed by atoms with E-state index < -0.39 is 10.0 Å². The highest BCUT2D eigenvalue weighted by atomic mass is 32.2. The zero-order valence-corrected chi connectivity index (χ0v) is 13.0. The molecule has 0 bridgehead atoms. The molecule has 0 aromatic heterocycles. The number of nitrogens with two attached hydrogens (primary N) is 1. The maximum atomic E-state index is 12.4. The van der Waals surface area contributed by atoms with Crippen LogP contribution in [0, 0.1) is 11.8 Å². The lowest BCUT2D eigenvalue weighted by atomic mass is 9.81. The molecular formula is C15H24N2O2S. The fraction of sp³-hybridized carbons (Fsp3) is 0.600. The average Bonchev–Trinajstić information content (AvgIpc) is 2.37. The Morgan fingerprint density at radius 3 is 2.45 bits per heavy atom. The van der Waals surface area contributed by atoms with Gasteiger partial charge in [0.25, 0.3) is 0 Å². The number of rotatable bonds is 4. The van der Waals surface area contributed by atoms with Gasteiger partial charge in [-0.15, -0.1) is 0 Å². The normalized spacial score (nSPS) is 27.4. The van der Waals surface area contributed by atoms with E-state index in [-0.39, 0.29) is 6.04 Å². The van der Waals surface area contributed by atoms with Gasteiger partial charge in [-0.05, 0) is 48.8 Å². The molecule has 5 heteroatoms. The largest absolute Gasteiger partial charge is 0.326 e. The Morgan fingerprint density at radius 2 is 1.85 bits per heavy atom. The summed E-state index contributed by atoms with van der Waals surface area (Å²) in [5.74, 6) is 1.14. The zero-order valence-electron chi connectivity index (χ0n) is 12.2. The van der Waals surface area contributed by atoms with E-state index in [1.54, 1.807) is 18.2 Å². The molecule has 0 radical (unpaired) electrons. The zero-order chi connectivity index (χ0) is 14.8. The molecule has 20 heavy (non-hydrogen) atoms. The minimum atomic E-state index is -3.44. The van der Waals surface area contributed by atoms with Gasteiger partial charge < -0.3 is 5.73 Å². The first-order valence-electron chi connectivity index (χ1n) is 7.22. The van der Waals surface area contributed by atoms with Crippen molar-refractivity contribution in [3.8, 4) is 0 Å². The SMILES string of the molecule is CC1CC(C)CC(NS(=O)(=O)c2cccc(CN)c2)C1. The molecule has 0 aliphatic heterocycles. The van der Waals surface area contributed by atoms with Gasteiger partial charge in [0.1, 0.15) is 0 Å². The fourth-order valence-electron chi connectivity index (χ4n) is 3.17. The van der Waals surface area contributed by atoms with E-state index >= 15 is 0 Å². The quantitative estimate of drug-likeness (QED) is 0.895. The maximum Gasteiger partial charge on any atom is 0.240 e. The van der Waals surface area contributed by atoms with Crippen molar-refractivity contribution in [1.82, 2.24) is 4.72 Å². The molecule has 2 unspecified atom stereocenters. The average molecular weight is 296 g/mol. The highest BCUT2D eigenvalue weighted by molar-refractivity contribution is 7.89. The first-order chi connectivity index (χ1) is 9.40. The highest BCUT2D eigenvalue weighted by Crippen LogP contribution is 2.29. The standard InChI is InChI=1S/C15H24N2O2S/c1-11-6-12(2)8-14(7-11)17-20(18,19)15-5-3-4-13(9-15)10-16/h3-5,9,11-12,14,17H,6-8,10,16H2,1-2H3. The van der Waals surface area contributed by atoms with Gasteiger partial charge in [-0.1, -0.05) is 26.0 Å². The van der Waals surface area contributed by atoms with Crippen LogP contribution in [0.25, 0.3) is 0 Å². The van der Waals surface area contributed by atoms with Crippen molar-refractivity contribution in [2.45, 2.75) is 50.6 Å². The number of sulfonamides is 1. The van der Waals surface area contributed by atoms with Crippen LogP contribution in [-0.2, 0) is 16.6 Å². The van der Waals surface area contributed by atoms with E-state index in [1.165, 1.54) is 6.42 Å². The van der Waals surface area contributed by atoms with Crippen LogP contribution in [0.5, 0.6) is 0 Å². The monoisotopic (exact) mass is 296 g/mol. The molecule has 1 aromatic carbocycles. The Balaban J connectivity index is 2.14. The molecule has 4 nitrogen and oxygen atoms in total. The van der Waals surface area contributed by atoms with Gasteiger partial charge in [-0.3, -0.25) is 0 Å². The van der Waals surface area contributed by atoms with Crippen molar-refractivity contribution >= 4 is 10.0 Å². The molecule has 1 aliphatic carbocycles. The predicted octanol–water partition coefficient (Wildman–Crippen LogP) is 2.25. The minimum absolute atomic E-state index is 0.0419. The Morgan fingerprint density at radius 1 is 1.20 bits per heavy atom. The summed E-state index contributed by atoms with van der Waals surface area (Å²) in [6.07, 6.45) is 3.02. The summed E-state index contributed by atoms with van der Waals surface area (Å²) in [5, 5.41) is 0. The molecule has 1 aromatic rings. The lowest BCUT2D eigenvalue weighted by Crippen LogP contribution is -2.40. The molecule has 2 atom stereocenters. The third-order valence-corrected chi connectivity index (χ3v) is 5.46. The second kappa shape index (κ2) is 6.24. The van der Waals surface area contributed by atoms with Crippen LogP contribution in [0.1, 0.15) is 38.7 Å². The van der Waals surface area contributed by atoms with Gasteiger partial charge >= 0.3 is 0 Å². The van der Waals surface area contributed by atoms with E-state index in [0.29, 0.717) is 23.3 Å². The van der Waals surface area contributed by atoms with E-state index in [2.05, 4.69) is 18.6 Å². The van der Waals surface area contributed by atoms with Crippen LogP contribution in [0.2, 0.25) is 0 Å². The van der Waals surface area contributed by atoms with Crippen LogP contribution in [-0.4, -0.2) is 14.5 Å². The van der Waals surface area contributed by atoms with E-state index in [1.807, 2.05) is 6.07 Å². The van der Waals surface area contributed by atoms with Gasteiger partial charge in [0.2, 0.25) is 10.0 Å². The van der Waals surface area contributed by atoms with Crippen molar-refractivity contribution < 1.29 is 8.42 Å². The second-order valence-electron chi connectivity index (χ2n) is 6.09. The molecule has 1 aliphatic rings. The van der Waals surface area contributed by atoms with Gasteiger partial charge in [0.05, 0.1) is 4.90 Å². The third-order valence-electron chi connectivity index (χ3n) is 3.94. The second-order valence-corrected chi connectivity index (χ2v) is 7.80. The third kappa shape index (κ3) is 3.81. The summed E-state index contributed by atoms with van der Waals surface area (Å²) < 4.78 is 27.7. The Kier molecular flexibility index (Phi) is 4.83. The molecule has 0 heterocycles. The first kappa shape index (κ1) is 15.5. The van der Waals surface area contributed by atoms with Crippen LogP contribution in [0.15, 0.2) is 29.2 Å². The molecule has 1 saturated carbocycles. The smallest absolute Gasteiger partial charge is 0.240 e. The molecule has 0 amide bonds. The number of hydrogen-bond donors (Lipinski definition) is 2. The number of benzene rings is 1.